The standard InChI is InChI=1S/C11H23N3O2/c1-3-9(6-7-12)4-5-10(15)14-8(2)11(13)16/h8-9H,3-7,12H2,1-2H3,(H2,13,16)(H,14,15). The number of hydrogen-bond acceptors (Lipinski definition) is 3. The zero-order valence-electron chi connectivity index (χ0n) is 10.2. The molecule has 94 valence electrons. The van der Waals surface area contributed by atoms with Gasteiger partial charge in [-0.25, -0.2) is 0 Å². The molecule has 0 saturated carbocycles. The van der Waals surface area contributed by atoms with E-state index in [9.17, 15) is 9.59 Å². The Morgan fingerprint density at radius 1 is 1.31 bits per heavy atom. The van der Waals surface area contributed by atoms with E-state index < -0.39 is 11.9 Å². The number of carbonyl (C=O) groups is 2. The van der Waals surface area contributed by atoms with Crippen LogP contribution in [-0.2, 0) is 9.59 Å². The maximum absolute atomic E-state index is 11.4. The van der Waals surface area contributed by atoms with Crippen molar-refractivity contribution in [1.29, 1.82) is 0 Å². The monoisotopic (exact) mass is 229 g/mol. The molecule has 5 nitrogen and oxygen atoms in total. The van der Waals surface area contributed by atoms with Crippen LogP contribution in [0.4, 0.5) is 0 Å². The van der Waals surface area contributed by atoms with Gasteiger partial charge in [0, 0.05) is 6.42 Å². The number of carbonyl (C=O) groups excluding carboxylic acids is 2. The van der Waals surface area contributed by atoms with E-state index >= 15 is 0 Å². The highest BCUT2D eigenvalue weighted by molar-refractivity contribution is 5.86. The van der Waals surface area contributed by atoms with Gasteiger partial charge in [-0.15, -0.1) is 0 Å². The van der Waals surface area contributed by atoms with Crippen LogP contribution in [0.2, 0.25) is 0 Å². The molecule has 16 heavy (non-hydrogen) atoms. The smallest absolute Gasteiger partial charge is 0.239 e. The molecule has 0 rings (SSSR count). The van der Waals surface area contributed by atoms with Gasteiger partial charge in [0.2, 0.25) is 11.8 Å². The highest BCUT2D eigenvalue weighted by Crippen LogP contribution is 2.14. The van der Waals surface area contributed by atoms with Crippen molar-refractivity contribution in [3.63, 3.8) is 0 Å². The predicted octanol–water partition coefficient (Wildman–Crippen LogP) is 0.132. The van der Waals surface area contributed by atoms with Crippen molar-refractivity contribution in [2.45, 2.75) is 45.6 Å². The van der Waals surface area contributed by atoms with Gasteiger partial charge < -0.3 is 16.8 Å². The highest BCUT2D eigenvalue weighted by Gasteiger charge is 2.13. The van der Waals surface area contributed by atoms with E-state index in [4.69, 9.17) is 11.5 Å². The van der Waals surface area contributed by atoms with Crippen LogP contribution in [0.15, 0.2) is 0 Å². The van der Waals surface area contributed by atoms with Crippen molar-refractivity contribution in [2.75, 3.05) is 6.54 Å². The van der Waals surface area contributed by atoms with Crippen LogP contribution in [0.3, 0.4) is 0 Å². The minimum absolute atomic E-state index is 0.123. The third-order valence-corrected chi connectivity index (χ3v) is 2.74. The topological polar surface area (TPSA) is 98.2 Å². The van der Waals surface area contributed by atoms with E-state index in [0.717, 1.165) is 19.3 Å². The molecular weight excluding hydrogens is 206 g/mol. The second-order valence-corrected chi connectivity index (χ2v) is 4.08. The van der Waals surface area contributed by atoms with Crippen LogP contribution < -0.4 is 16.8 Å². The van der Waals surface area contributed by atoms with Crippen molar-refractivity contribution in [3.8, 4) is 0 Å². The molecule has 2 atom stereocenters. The van der Waals surface area contributed by atoms with E-state index in [1.807, 2.05) is 0 Å². The van der Waals surface area contributed by atoms with Gasteiger partial charge >= 0.3 is 0 Å². The molecule has 0 spiro atoms. The average Bonchev–Trinajstić information content (AvgIpc) is 2.23. The molecule has 0 aromatic heterocycles. The number of amides is 2. The van der Waals surface area contributed by atoms with Gasteiger partial charge in [-0.2, -0.15) is 0 Å². The Balaban J connectivity index is 3.83. The van der Waals surface area contributed by atoms with Gasteiger partial charge in [-0.3, -0.25) is 9.59 Å². The Bertz CT molecular complexity index is 231. The molecule has 0 aromatic carbocycles. The Kier molecular flexibility index (Phi) is 7.54. The Labute approximate surface area is 96.9 Å². The zero-order valence-corrected chi connectivity index (χ0v) is 10.2. The summed E-state index contributed by atoms with van der Waals surface area (Å²) in [7, 11) is 0. The first-order valence-corrected chi connectivity index (χ1v) is 5.80. The first-order chi connectivity index (χ1) is 7.51. The quantitative estimate of drug-likeness (QED) is 0.551. The number of nitrogens with two attached hydrogens (primary N) is 2. The molecule has 0 aliphatic rings. The summed E-state index contributed by atoms with van der Waals surface area (Å²) >= 11 is 0. The fraction of sp³-hybridized carbons (Fsp3) is 0.818. The van der Waals surface area contributed by atoms with Gasteiger partial charge in [-0.05, 0) is 32.2 Å². The molecule has 0 aliphatic carbocycles. The maximum atomic E-state index is 11.4. The van der Waals surface area contributed by atoms with Crippen LogP contribution in [0.5, 0.6) is 0 Å². The summed E-state index contributed by atoms with van der Waals surface area (Å²) in [4.78, 5) is 22.2. The second-order valence-electron chi connectivity index (χ2n) is 4.08. The number of rotatable bonds is 8. The minimum atomic E-state index is -0.595. The first-order valence-electron chi connectivity index (χ1n) is 5.80. The second kappa shape index (κ2) is 8.10. The summed E-state index contributed by atoms with van der Waals surface area (Å²) in [6.45, 7) is 4.32. The molecule has 0 fully saturated rings. The van der Waals surface area contributed by atoms with E-state index in [0.29, 0.717) is 18.9 Å². The molecule has 0 radical (unpaired) electrons. The van der Waals surface area contributed by atoms with E-state index in [1.165, 1.54) is 0 Å². The van der Waals surface area contributed by atoms with Crippen molar-refractivity contribution < 1.29 is 9.59 Å². The Morgan fingerprint density at radius 3 is 2.38 bits per heavy atom. The van der Waals surface area contributed by atoms with E-state index in [1.54, 1.807) is 6.92 Å². The van der Waals surface area contributed by atoms with Crippen LogP contribution >= 0.6 is 0 Å². The molecule has 5 N–H and O–H groups in total. The minimum Gasteiger partial charge on any atom is -0.368 e. The lowest BCUT2D eigenvalue weighted by Gasteiger charge is -2.14. The van der Waals surface area contributed by atoms with Crippen LogP contribution in [-0.4, -0.2) is 24.4 Å². The summed E-state index contributed by atoms with van der Waals surface area (Å²) in [5, 5.41) is 2.56. The van der Waals surface area contributed by atoms with Crippen molar-refractivity contribution in [2.24, 2.45) is 17.4 Å². The molecule has 0 saturated heterocycles. The fourth-order valence-corrected chi connectivity index (χ4v) is 1.51. The number of nitrogens with one attached hydrogen (secondary N) is 1. The average molecular weight is 229 g/mol. The molecule has 0 aromatic rings. The largest absolute Gasteiger partial charge is 0.368 e. The SMILES string of the molecule is CCC(CCN)CCC(=O)NC(C)C(N)=O. The van der Waals surface area contributed by atoms with E-state index in [-0.39, 0.29) is 5.91 Å². The van der Waals surface area contributed by atoms with Gasteiger partial charge in [0.1, 0.15) is 6.04 Å². The lowest BCUT2D eigenvalue weighted by Crippen LogP contribution is -2.42. The highest BCUT2D eigenvalue weighted by atomic mass is 16.2. The summed E-state index contributed by atoms with van der Waals surface area (Å²) in [6.07, 6.45) is 3.20. The van der Waals surface area contributed by atoms with Crippen molar-refractivity contribution in [1.82, 2.24) is 5.32 Å². The van der Waals surface area contributed by atoms with Gasteiger partial charge in [0.25, 0.3) is 0 Å². The fourth-order valence-electron chi connectivity index (χ4n) is 1.51. The van der Waals surface area contributed by atoms with Crippen molar-refractivity contribution >= 4 is 11.8 Å². The lowest BCUT2D eigenvalue weighted by molar-refractivity contribution is -0.127. The zero-order chi connectivity index (χ0) is 12.6. The maximum Gasteiger partial charge on any atom is 0.239 e. The van der Waals surface area contributed by atoms with Gasteiger partial charge in [0.05, 0.1) is 0 Å². The summed E-state index contributed by atoms with van der Waals surface area (Å²) in [5.41, 5.74) is 10.5. The predicted molar refractivity (Wildman–Crippen MR) is 63.5 cm³/mol. The Morgan fingerprint density at radius 2 is 1.94 bits per heavy atom. The van der Waals surface area contributed by atoms with Gasteiger partial charge in [-0.1, -0.05) is 13.3 Å². The third kappa shape index (κ3) is 6.40. The summed E-state index contributed by atoms with van der Waals surface area (Å²) in [6, 6.07) is -0.595. The van der Waals surface area contributed by atoms with Crippen LogP contribution in [0, 0.1) is 5.92 Å². The molecule has 5 heteroatoms. The first kappa shape index (κ1) is 14.9. The van der Waals surface area contributed by atoms with Crippen LogP contribution in [0.1, 0.15) is 39.5 Å². The third-order valence-electron chi connectivity index (χ3n) is 2.74. The molecule has 2 amide bonds. The van der Waals surface area contributed by atoms with E-state index in [2.05, 4.69) is 12.2 Å². The molecule has 0 aliphatic heterocycles. The molecular formula is C11H23N3O2. The van der Waals surface area contributed by atoms with Gasteiger partial charge in [0.15, 0.2) is 0 Å². The summed E-state index contributed by atoms with van der Waals surface area (Å²) in [5.74, 6) is -0.149. The van der Waals surface area contributed by atoms with Crippen molar-refractivity contribution in [3.05, 3.63) is 0 Å². The number of primary amides is 1. The molecule has 0 bridgehead atoms. The molecule has 2 unspecified atom stereocenters. The number of hydrogen-bond donors (Lipinski definition) is 3. The summed E-state index contributed by atoms with van der Waals surface area (Å²) < 4.78 is 0. The molecule has 0 heterocycles. The normalized spacial score (nSPS) is 14.2. The lowest BCUT2D eigenvalue weighted by atomic mass is 9.96. The Hall–Kier alpha value is -1.10. The van der Waals surface area contributed by atoms with Crippen LogP contribution in [0.25, 0.3) is 0 Å².